The van der Waals surface area contributed by atoms with Gasteiger partial charge in [-0.25, -0.2) is 4.99 Å². The minimum Gasteiger partial charge on any atom is -0.504 e. The Labute approximate surface area is 201 Å². The van der Waals surface area contributed by atoms with E-state index in [-0.39, 0.29) is 29.7 Å². The topological polar surface area (TPSA) is 78.4 Å². The maximum absolute atomic E-state index is 9.98. The van der Waals surface area contributed by atoms with Crippen molar-refractivity contribution in [3.05, 3.63) is 48.0 Å². The molecule has 2 aromatic carbocycles. The Hall–Kier alpha value is -2.36. The Morgan fingerprint density at radius 2 is 2.03 bits per heavy atom. The third-order valence-corrected chi connectivity index (χ3v) is 5.19. The number of rotatable bonds is 7. The number of methoxy groups -OCH3 is 2. The molecule has 31 heavy (non-hydrogen) atoms. The lowest BCUT2D eigenvalue weighted by Gasteiger charge is -2.35. The molecule has 0 amide bonds. The van der Waals surface area contributed by atoms with Crippen molar-refractivity contribution in [3.8, 4) is 17.2 Å². The molecule has 1 aliphatic heterocycles. The van der Waals surface area contributed by atoms with E-state index in [0.29, 0.717) is 18.3 Å². The number of halogens is 1. The first kappa shape index (κ1) is 24.9. The number of nitrogens with zero attached hydrogens (tertiary/aromatic N) is 2. The van der Waals surface area contributed by atoms with Gasteiger partial charge in [-0.05, 0) is 49.6 Å². The van der Waals surface area contributed by atoms with E-state index in [1.807, 2.05) is 18.2 Å². The highest BCUT2D eigenvalue weighted by Gasteiger charge is 2.21. The predicted molar refractivity (Wildman–Crippen MR) is 136 cm³/mol. The van der Waals surface area contributed by atoms with Gasteiger partial charge in [-0.15, -0.1) is 24.0 Å². The fraction of sp³-hybridized carbons (Fsp3) is 0.435. The van der Waals surface area contributed by atoms with Gasteiger partial charge >= 0.3 is 0 Å². The first-order valence-corrected chi connectivity index (χ1v) is 10.4. The Balaban J connectivity index is 0.00000341. The van der Waals surface area contributed by atoms with E-state index in [2.05, 4.69) is 34.6 Å². The number of phenols is 1. The Morgan fingerprint density at radius 1 is 1.19 bits per heavy atom. The normalized spacial score (nSPS) is 16.3. The van der Waals surface area contributed by atoms with Gasteiger partial charge in [-0.3, -0.25) is 0 Å². The van der Waals surface area contributed by atoms with Gasteiger partial charge in [0.25, 0.3) is 0 Å². The second-order valence-corrected chi connectivity index (χ2v) is 7.33. The number of hydrogen-bond acceptors (Lipinski definition) is 5. The largest absolute Gasteiger partial charge is 0.504 e. The van der Waals surface area contributed by atoms with Crippen LogP contribution in [0.1, 0.15) is 25.3 Å². The first-order valence-electron chi connectivity index (χ1n) is 10.4. The number of hydrogen-bond donors (Lipinski definition) is 3. The molecule has 0 spiro atoms. The molecule has 1 unspecified atom stereocenters. The highest BCUT2D eigenvalue weighted by Crippen LogP contribution is 2.26. The van der Waals surface area contributed by atoms with Gasteiger partial charge in [-0.1, -0.05) is 12.1 Å². The van der Waals surface area contributed by atoms with Crippen LogP contribution >= 0.6 is 24.0 Å². The van der Waals surface area contributed by atoms with Gasteiger partial charge in [0.15, 0.2) is 17.5 Å². The molecule has 1 atom stereocenters. The molecule has 1 fully saturated rings. The van der Waals surface area contributed by atoms with E-state index in [4.69, 9.17) is 14.5 Å². The lowest BCUT2D eigenvalue weighted by atomic mass is 10.0. The summed E-state index contributed by atoms with van der Waals surface area (Å²) in [6.45, 7) is 5.25. The summed E-state index contributed by atoms with van der Waals surface area (Å²) in [6, 6.07) is 13.9. The zero-order valence-corrected chi connectivity index (χ0v) is 20.8. The van der Waals surface area contributed by atoms with Gasteiger partial charge in [0, 0.05) is 37.4 Å². The second-order valence-electron chi connectivity index (χ2n) is 7.33. The molecule has 1 heterocycles. The molecule has 170 valence electrons. The molecule has 0 aromatic heterocycles. The Bertz CT molecular complexity index is 862. The molecule has 3 N–H and O–H groups in total. The highest BCUT2D eigenvalue weighted by molar-refractivity contribution is 14.0. The summed E-state index contributed by atoms with van der Waals surface area (Å²) < 4.78 is 10.5. The van der Waals surface area contributed by atoms with Crippen LogP contribution in [0, 0.1) is 0 Å². The molecule has 1 saturated heterocycles. The first-order chi connectivity index (χ1) is 14.6. The van der Waals surface area contributed by atoms with Crippen LogP contribution < -0.4 is 25.0 Å². The molecule has 0 radical (unpaired) electrons. The van der Waals surface area contributed by atoms with E-state index in [1.54, 1.807) is 26.4 Å². The van der Waals surface area contributed by atoms with Crippen LogP contribution in [-0.2, 0) is 6.54 Å². The monoisotopic (exact) mass is 540 g/mol. The van der Waals surface area contributed by atoms with Gasteiger partial charge in [-0.2, -0.15) is 0 Å². The molecule has 7 nitrogen and oxygen atoms in total. The minimum absolute atomic E-state index is 0. The van der Waals surface area contributed by atoms with Crippen LogP contribution in [-0.4, -0.2) is 51.0 Å². The zero-order chi connectivity index (χ0) is 21.3. The predicted octanol–water partition coefficient (Wildman–Crippen LogP) is 3.75. The van der Waals surface area contributed by atoms with E-state index < -0.39 is 0 Å². The summed E-state index contributed by atoms with van der Waals surface area (Å²) in [5.41, 5.74) is 2.10. The molecular formula is C23H33IN4O3. The van der Waals surface area contributed by atoms with Gasteiger partial charge < -0.3 is 30.1 Å². The number of phenolic OH excluding ortho intramolecular Hbond substituents is 1. The van der Waals surface area contributed by atoms with Crippen molar-refractivity contribution in [2.45, 2.75) is 32.4 Å². The maximum Gasteiger partial charge on any atom is 0.191 e. The van der Waals surface area contributed by atoms with E-state index >= 15 is 0 Å². The third kappa shape index (κ3) is 7.09. The number of anilines is 1. The number of piperidine rings is 1. The molecule has 0 aliphatic carbocycles. The minimum atomic E-state index is 0. The number of guanidine groups is 1. The summed E-state index contributed by atoms with van der Waals surface area (Å²) in [4.78, 5) is 7.09. The molecule has 0 saturated carbocycles. The summed E-state index contributed by atoms with van der Waals surface area (Å²) in [6.07, 6.45) is 2.20. The van der Waals surface area contributed by atoms with E-state index in [0.717, 1.165) is 49.7 Å². The summed E-state index contributed by atoms with van der Waals surface area (Å²) >= 11 is 0. The van der Waals surface area contributed by atoms with Gasteiger partial charge in [0.05, 0.1) is 20.8 Å². The van der Waals surface area contributed by atoms with Crippen LogP contribution in [0.3, 0.4) is 0 Å². The fourth-order valence-electron chi connectivity index (χ4n) is 3.65. The van der Waals surface area contributed by atoms with Crippen LogP contribution in [0.25, 0.3) is 0 Å². The number of nitrogens with one attached hydrogen (secondary N) is 2. The number of benzene rings is 2. The van der Waals surface area contributed by atoms with Crippen molar-refractivity contribution in [1.82, 2.24) is 10.6 Å². The van der Waals surface area contributed by atoms with Crippen molar-refractivity contribution in [2.75, 3.05) is 38.8 Å². The maximum atomic E-state index is 9.98. The average Bonchev–Trinajstić information content (AvgIpc) is 2.78. The van der Waals surface area contributed by atoms with Crippen LogP contribution in [0.4, 0.5) is 5.69 Å². The SMILES string of the molecule is CCNC(=NCc1ccc(OC)c(O)c1)NC1CCCN(c2cccc(OC)c2)C1.I. The van der Waals surface area contributed by atoms with E-state index in [9.17, 15) is 5.11 Å². The van der Waals surface area contributed by atoms with Crippen molar-refractivity contribution in [1.29, 1.82) is 0 Å². The fourth-order valence-corrected chi connectivity index (χ4v) is 3.65. The van der Waals surface area contributed by atoms with Crippen molar-refractivity contribution in [3.63, 3.8) is 0 Å². The number of aromatic hydroxyl groups is 1. The zero-order valence-electron chi connectivity index (χ0n) is 18.4. The number of aliphatic imine (C=N–C) groups is 1. The van der Waals surface area contributed by atoms with Crippen molar-refractivity contribution in [2.24, 2.45) is 4.99 Å². The van der Waals surface area contributed by atoms with Crippen molar-refractivity contribution < 1.29 is 14.6 Å². The molecule has 1 aliphatic rings. The summed E-state index contributed by atoms with van der Waals surface area (Å²) in [5.74, 6) is 2.25. The molecule has 8 heteroatoms. The summed E-state index contributed by atoms with van der Waals surface area (Å²) in [5, 5.41) is 16.9. The lowest BCUT2D eigenvalue weighted by molar-refractivity contribution is 0.373. The molecule has 2 aromatic rings. The molecule has 0 bridgehead atoms. The third-order valence-electron chi connectivity index (χ3n) is 5.19. The highest BCUT2D eigenvalue weighted by atomic mass is 127. The van der Waals surface area contributed by atoms with Gasteiger partial charge in [0.1, 0.15) is 5.75 Å². The molecular weight excluding hydrogens is 507 g/mol. The standard InChI is InChI=1S/C23H32N4O3.HI/c1-4-24-23(25-15-17-10-11-22(30-3)21(28)13-17)26-18-7-6-12-27(16-18)19-8-5-9-20(14-19)29-2;/h5,8-11,13-14,18,28H,4,6-7,12,15-16H2,1-3H3,(H2,24,25,26);1H. The van der Waals surface area contributed by atoms with Crippen LogP contribution in [0.15, 0.2) is 47.5 Å². The Morgan fingerprint density at radius 3 is 2.74 bits per heavy atom. The quantitative estimate of drug-likeness (QED) is 0.282. The van der Waals surface area contributed by atoms with Crippen LogP contribution in [0.5, 0.6) is 17.2 Å². The lowest BCUT2D eigenvalue weighted by Crippen LogP contribution is -2.51. The smallest absolute Gasteiger partial charge is 0.191 e. The van der Waals surface area contributed by atoms with Gasteiger partial charge in [0.2, 0.25) is 0 Å². The van der Waals surface area contributed by atoms with E-state index in [1.165, 1.54) is 5.69 Å². The average molecular weight is 540 g/mol. The van der Waals surface area contributed by atoms with Crippen molar-refractivity contribution >= 4 is 35.6 Å². The molecule has 3 rings (SSSR count). The second kappa shape index (κ2) is 12.5. The van der Waals surface area contributed by atoms with Crippen LogP contribution in [0.2, 0.25) is 0 Å². The Kier molecular flexibility index (Phi) is 10.0. The summed E-state index contributed by atoms with van der Waals surface area (Å²) in [7, 11) is 3.24. The number of ether oxygens (including phenoxy) is 2.